The van der Waals surface area contributed by atoms with Gasteiger partial charge in [-0.2, -0.15) is 0 Å². The van der Waals surface area contributed by atoms with Gasteiger partial charge in [0.05, 0.1) is 5.75 Å². The van der Waals surface area contributed by atoms with Crippen LogP contribution in [0.4, 0.5) is 0 Å². The van der Waals surface area contributed by atoms with E-state index in [0.29, 0.717) is 5.75 Å². The Morgan fingerprint density at radius 2 is 2.27 bits per heavy atom. The van der Waals surface area contributed by atoms with Crippen molar-refractivity contribution >= 4 is 22.8 Å². The lowest BCUT2D eigenvalue weighted by atomic mass is 9.97. The average Bonchev–Trinajstić information content (AvgIpc) is 2.66. The number of amidine groups is 1. The molecule has 1 amide bonds. The van der Waals surface area contributed by atoms with Gasteiger partial charge in [-0.3, -0.25) is 9.79 Å². The van der Waals surface area contributed by atoms with Gasteiger partial charge in [-0.25, -0.2) is 0 Å². The zero-order chi connectivity index (χ0) is 10.5. The fourth-order valence-corrected chi connectivity index (χ4v) is 2.50. The lowest BCUT2D eigenvalue weighted by Crippen LogP contribution is -2.21. The molecule has 2 rings (SSSR count). The second-order valence-corrected chi connectivity index (χ2v) is 4.83. The second-order valence-electron chi connectivity index (χ2n) is 3.87. The predicted molar refractivity (Wildman–Crippen MR) is 61.1 cm³/mol. The summed E-state index contributed by atoms with van der Waals surface area (Å²) in [7, 11) is 0. The molecule has 2 heterocycles. The molecule has 15 heavy (non-hydrogen) atoms. The van der Waals surface area contributed by atoms with Crippen LogP contribution in [-0.2, 0) is 9.53 Å². The van der Waals surface area contributed by atoms with Crippen LogP contribution < -0.4 is 5.32 Å². The van der Waals surface area contributed by atoms with Crippen LogP contribution in [0.2, 0.25) is 0 Å². The van der Waals surface area contributed by atoms with E-state index in [1.54, 1.807) is 0 Å². The standard InChI is InChI=1S/C10H16N2O2S/c13-9-7-15-10(12-9)11-4-1-8-2-5-14-6-3-8/h8H,1-7H2,(H,11,12,13). The van der Waals surface area contributed by atoms with E-state index in [0.717, 1.165) is 50.1 Å². The number of thioether (sulfide) groups is 1. The monoisotopic (exact) mass is 228 g/mol. The van der Waals surface area contributed by atoms with Crippen molar-refractivity contribution in [3.8, 4) is 0 Å². The molecule has 0 radical (unpaired) electrons. The molecule has 0 atom stereocenters. The van der Waals surface area contributed by atoms with Crippen molar-refractivity contribution in [2.24, 2.45) is 10.9 Å². The molecule has 0 saturated carbocycles. The molecule has 2 aliphatic rings. The van der Waals surface area contributed by atoms with Gasteiger partial charge in [0.25, 0.3) is 0 Å². The first-order valence-corrected chi connectivity index (χ1v) is 6.38. The smallest absolute Gasteiger partial charge is 0.236 e. The summed E-state index contributed by atoms with van der Waals surface area (Å²) in [5.74, 6) is 1.35. The summed E-state index contributed by atoms with van der Waals surface area (Å²) in [5, 5.41) is 3.54. The average molecular weight is 228 g/mol. The Labute approximate surface area is 93.9 Å². The summed E-state index contributed by atoms with van der Waals surface area (Å²) in [6.45, 7) is 2.62. The Balaban J connectivity index is 1.67. The number of rotatable bonds is 3. The fourth-order valence-electron chi connectivity index (χ4n) is 1.79. The number of aliphatic imine (C=N–C) groups is 1. The molecule has 2 fully saturated rings. The molecule has 2 saturated heterocycles. The maximum Gasteiger partial charge on any atom is 0.236 e. The summed E-state index contributed by atoms with van der Waals surface area (Å²) >= 11 is 1.50. The number of carbonyl (C=O) groups excluding carboxylic acids is 1. The van der Waals surface area contributed by atoms with Gasteiger partial charge in [-0.05, 0) is 25.2 Å². The molecule has 0 aromatic carbocycles. The minimum atomic E-state index is 0.0739. The van der Waals surface area contributed by atoms with Crippen LogP contribution in [0.15, 0.2) is 4.99 Å². The van der Waals surface area contributed by atoms with Gasteiger partial charge in [0, 0.05) is 19.8 Å². The zero-order valence-corrected chi connectivity index (χ0v) is 9.52. The third-order valence-corrected chi connectivity index (χ3v) is 3.63. The lowest BCUT2D eigenvalue weighted by Gasteiger charge is -2.20. The first-order chi connectivity index (χ1) is 7.34. The van der Waals surface area contributed by atoms with E-state index in [1.165, 1.54) is 11.8 Å². The molecule has 2 aliphatic heterocycles. The third kappa shape index (κ3) is 3.50. The van der Waals surface area contributed by atoms with Gasteiger partial charge >= 0.3 is 0 Å². The number of hydrogen-bond acceptors (Lipinski definition) is 4. The van der Waals surface area contributed by atoms with Gasteiger partial charge in [-0.15, -0.1) is 0 Å². The Bertz CT molecular complexity index is 262. The highest BCUT2D eigenvalue weighted by molar-refractivity contribution is 8.15. The van der Waals surface area contributed by atoms with E-state index in [-0.39, 0.29) is 5.91 Å². The highest BCUT2D eigenvalue weighted by Gasteiger charge is 2.17. The molecule has 1 N–H and O–H groups in total. The van der Waals surface area contributed by atoms with Gasteiger partial charge in [0.1, 0.15) is 0 Å². The van der Waals surface area contributed by atoms with E-state index in [2.05, 4.69) is 10.3 Å². The number of ether oxygens (including phenoxy) is 1. The van der Waals surface area contributed by atoms with E-state index >= 15 is 0 Å². The molecular formula is C10H16N2O2S. The minimum Gasteiger partial charge on any atom is -0.381 e. The predicted octanol–water partition coefficient (Wildman–Crippen LogP) is 1.02. The Morgan fingerprint density at radius 3 is 2.93 bits per heavy atom. The van der Waals surface area contributed by atoms with Crippen molar-refractivity contribution in [2.75, 3.05) is 25.5 Å². The Kier molecular flexibility index (Phi) is 4.02. The van der Waals surface area contributed by atoms with Crippen LogP contribution in [0.25, 0.3) is 0 Å². The molecule has 5 heteroatoms. The maximum absolute atomic E-state index is 10.9. The first kappa shape index (κ1) is 11.0. The number of hydrogen-bond donors (Lipinski definition) is 1. The Hall–Kier alpha value is -0.550. The van der Waals surface area contributed by atoms with Crippen molar-refractivity contribution in [1.29, 1.82) is 0 Å². The highest BCUT2D eigenvalue weighted by Crippen LogP contribution is 2.18. The summed E-state index contributed by atoms with van der Waals surface area (Å²) < 4.78 is 5.30. The number of amides is 1. The Morgan fingerprint density at radius 1 is 1.47 bits per heavy atom. The molecule has 0 aromatic heterocycles. The number of carbonyl (C=O) groups is 1. The molecule has 0 aliphatic carbocycles. The van der Waals surface area contributed by atoms with Crippen LogP contribution in [0.5, 0.6) is 0 Å². The van der Waals surface area contributed by atoms with Crippen LogP contribution in [-0.4, -0.2) is 36.6 Å². The molecule has 0 unspecified atom stereocenters. The van der Waals surface area contributed by atoms with Crippen LogP contribution in [0.3, 0.4) is 0 Å². The van der Waals surface area contributed by atoms with Crippen LogP contribution >= 0.6 is 11.8 Å². The molecular weight excluding hydrogens is 212 g/mol. The van der Waals surface area contributed by atoms with Crippen molar-refractivity contribution in [1.82, 2.24) is 5.32 Å². The quantitative estimate of drug-likeness (QED) is 0.784. The van der Waals surface area contributed by atoms with Gasteiger partial charge in [0.15, 0.2) is 5.17 Å². The molecule has 4 nitrogen and oxygen atoms in total. The molecule has 84 valence electrons. The summed E-state index contributed by atoms with van der Waals surface area (Å²) in [5.41, 5.74) is 0. The molecule has 0 bridgehead atoms. The maximum atomic E-state index is 10.9. The van der Waals surface area contributed by atoms with E-state index in [4.69, 9.17) is 4.74 Å². The zero-order valence-electron chi connectivity index (χ0n) is 8.70. The van der Waals surface area contributed by atoms with Gasteiger partial charge in [-0.1, -0.05) is 11.8 Å². The summed E-state index contributed by atoms with van der Waals surface area (Å²) in [6.07, 6.45) is 3.43. The van der Waals surface area contributed by atoms with Crippen LogP contribution in [0.1, 0.15) is 19.3 Å². The minimum absolute atomic E-state index is 0.0739. The van der Waals surface area contributed by atoms with E-state index in [9.17, 15) is 4.79 Å². The number of nitrogens with zero attached hydrogens (tertiary/aromatic N) is 1. The molecule has 0 aromatic rings. The van der Waals surface area contributed by atoms with Crippen molar-refractivity contribution in [3.63, 3.8) is 0 Å². The lowest BCUT2D eigenvalue weighted by molar-refractivity contribution is -0.116. The normalized spacial score (nSPS) is 25.9. The SMILES string of the molecule is O=C1CSC(=NCCC2CCOCC2)N1. The number of nitrogens with one attached hydrogen (secondary N) is 1. The molecule has 0 spiro atoms. The first-order valence-electron chi connectivity index (χ1n) is 5.39. The van der Waals surface area contributed by atoms with Crippen LogP contribution in [0, 0.1) is 5.92 Å². The topological polar surface area (TPSA) is 50.7 Å². The van der Waals surface area contributed by atoms with E-state index in [1.807, 2.05) is 0 Å². The van der Waals surface area contributed by atoms with Crippen molar-refractivity contribution < 1.29 is 9.53 Å². The van der Waals surface area contributed by atoms with Gasteiger partial charge < -0.3 is 10.1 Å². The second kappa shape index (κ2) is 5.51. The highest BCUT2D eigenvalue weighted by atomic mass is 32.2. The third-order valence-electron chi connectivity index (χ3n) is 2.72. The van der Waals surface area contributed by atoms with E-state index < -0.39 is 0 Å². The largest absolute Gasteiger partial charge is 0.381 e. The summed E-state index contributed by atoms with van der Waals surface area (Å²) in [6, 6.07) is 0. The fraction of sp³-hybridized carbons (Fsp3) is 0.800. The van der Waals surface area contributed by atoms with Crippen molar-refractivity contribution in [2.45, 2.75) is 19.3 Å². The summed E-state index contributed by atoms with van der Waals surface area (Å²) in [4.78, 5) is 15.3. The van der Waals surface area contributed by atoms with Gasteiger partial charge in [0.2, 0.25) is 5.91 Å². The van der Waals surface area contributed by atoms with Crippen molar-refractivity contribution in [3.05, 3.63) is 0 Å².